The maximum Gasteiger partial charge on any atom is 0.0371 e. The molecule has 1 unspecified atom stereocenters. The van der Waals surface area contributed by atoms with Gasteiger partial charge in [-0.1, -0.05) is 48.5 Å². The van der Waals surface area contributed by atoms with Crippen LogP contribution in [0.1, 0.15) is 24.5 Å². The van der Waals surface area contributed by atoms with Gasteiger partial charge in [0.1, 0.15) is 0 Å². The Morgan fingerprint density at radius 2 is 1.61 bits per heavy atom. The molecule has 18 heavy (non-hydrogen) atoms. The number of hydrogen-bond donors (Lipinski definition) is 1. The first kappa shape index (κ1) is 12.7. The molecule has 0 aliphatic rings. The lowest BCUT2D eigenvalue weighted by atomic mass is 10.1. The number of rotatable bonds is 5. The fraction of sp³-hybridized carbons (Fsp3) is 0.294. The Labute approximate surface area is 110 Å². The highest BCUT2D eigenvalue weighted by molar-refractivity contribution is 5.50. The van der Waals surface area contributed by atoms with Gasteiger partial charge in [-0.05, 0) is 43.9 Å². The van der Waals surface area contributed by atoms with Gasteiger partial charge in [0.05, 0.1) is 0 Å². The zero-order valence-corrected chi connectivity index (χ0v) is 11.2. The van der Waals surface area contributed by atoms with Crippen LogP contribution >= 0.6 is 0 Å². The predicted molar refractivity (Wildman–Crippen MR) is 79.0 cm³/mol. The van der Waals surface area contributed by atoms with E-state index in [-0.39, 0.29) is 0 Å². The molecule has 0 amide bonds. The molecule has 2 aromatic rings. The van der Waals surface area contributed by atoms with E-state index < -0.39 is 0 Å². The molecule has 1 N–H and O–H groups in total. The van der Waals surface area contributed by atoms with Crippen molar-refractivity contribution in [1.29, 1.82) is 0 Å². The molecular formula is C17H21N. The summed E-state index contributed by atoms with van der Waals surface area (Å²) in [4.78, 5) is 0. The zero-order valence-electron chi connectivity index (χ0n) is 11.2. The highest BCUT2D eigenvalue weighted by Gasteiger charge is 2.04. The topological polar surface area (TPSA) is 12.0 Å². The summed E-state index contributed by atoms with van der Waals surface area (Å²) in [6.07, 6.45) is 2.28. The molecule has 1 nitrogen and oxygen atoms in total. The summed E-state index contributed by atoms with van der Waals surface area (Å²) in [6, 6.07) is 19.6. The van der Waals surface area contributed by atoms with Crippen LogP contribution in [0.5, 0.6) is 0 Å². The molecule has 94 valence electrons. The second kappa shape index (κ2) is 6.25. The van der Waals surface area contributed by atoms with Crippen LogP contribution in [0.4, 0.5) is 5.69 Å². The summed E-state index contributed by atoms with van der Waals surface area (Å²) >= 11 is 0. The summed E-state index contributed by atoms with van der Waals surface area (Å²) in [5.41, 5.74) is 3.97. The number of aryl methyl sites for hydroxylation is 2. The van der Waals surface area contributed by atoms with E-state index in [9.17, 15) is 0 Å². The first-order valence-corrected chi connectivity index (χ1v) is 6.62. The third-order valence-corrected chi connectivity index (χ3v) is 3.26. The van der Waals surface area contributed by atoms with Gasteiger partial charge in [-0.3, -0.25) is 0 Å². The smallest absolute Gasteiger partial charge is 0.0371 e. The SMILES string of the molecule is Cc1ccccc1NC(C)CCc1ccccc1. The molecule has 0 saturated heterocycles. The van der Waals surface area contributed by atoms with Crippen molar-refractivity contribution in [1.82, 2.24) is 0 Å². The average molecular weight is 239 g/mol. The standard InChI is InChI=1S/C17H21N/c1-14-8-6-7-11-17(14)18-15(2)12-13-16-9-4-3-5-10-16/h3-11,15,18H,12-13H2,1-2H3. The first-order valence-electron chi connectivity index (χ1n) is 6.62. The molecule has 0 fully saturated rings. The third-order valence-electron chi connectivity index (χ3n) is 3.26. The molecule has 0 radical (unpaired) electrons. The Hall–Kier alpha value is -1.76. The van der Waals surface area contributed by atoms with Crippen LogP contribution in [0.25, 0.3) is 0 Å². The largest absolute Gasteiger partial charge is 0.382 e. The average Bonchev–Trinajstić information content (AvgIpc) is 2.40. The van der Waals surface area contributed by atoms with Crippen molar-refractivity contribution in [3.8, 4) is 0 Å². The van der Waals surface area contributed by atoms with Crippen molar-refractivity contribution in [3.63, 3.8) is 0 Å². The summed E-state index contributed by atoms with van der Waals surface area (Å²) in [5.74, 6) is 0. The van der Waals surface area contributed by atoms with Crippen LogP contribution in [0.3, 0.4) is 0 Å². The summed E-state index contributed by atoms with van der Waals surface area (Å²) in [5, 5.41) is 3.58. The van der Waals surface area contributed by atoms with E-state index in [0.717, 1.165) is 12.8 Å². The zero-order chi connectivity index (χ0) is 12.8. The van der Waals surface area contributed by atoms with Crippen LogP contribution in [-0.2, 0) is 6.42 Å². The monoisotopic (exact) mass is 239 g/mol. The van der Waals surface area contributed by atoms with Gasteiger partial charge in [0.25, 0.3) is 0 Å². The lowest BCUT2D eigenvalue weighted by Gasteiger charge is -2.17. The predicted octanol–water partition coefficient (Wildman–Crippen LogP) is 4.43. The van der Waals surface area contributed by atoms with Crippen LogP contribution in [0, 0.1) is 6.92 Å². The van der Waals surface area contributed by atoms with E-state index >= 15 is 0 Å². The van der Waals surface area contributed by atoms with Crippen LogP contribution in [-0.4, -0.2) is 6.04 Å². The van der Waals surface area contributed by atoms with Crippen LogP contribution < -0.4 is 5.32 Å². The Bertz CT molecular complexity index is 476. The Kier molecular flexibility index (Phi) is 4.40. The Morgan fingerprint density at radius 1 is 0.944 bits per heavy atom. The Balaban J connectivity index is 1.86. The van der Waals surface area contributed by atoms with Crippen LogP contribution in [0.15, 0.2) is 54.6 Å². The molecule has 2 aromatic carbocycles. The first-order chi connectivity index (χ1) is 8.75. The maximum absolute atomic E-state index is 3.58. The van der Waals surface area contributed by atoms with E-state index in [1.165, 1.54) is 16.8 Å². The molecule has 0 aromatic heterocycles. The van der Waals surface area contributed by atoms with Gasteiger partial charge in [-0.15, -0.1) is 0 Å². The molecule has 0 aliphatic carbocycles. The molecule has 0 heterocycles. The number of hydrogen-bond acceptors (Lipinski definition) is 1. The normalized spacial score (nSPS) is 12.1. The van der Waals surface area contributed by atoms with Crippen molar-refractivity contribution in [2.24, 2.45) is 0 Å². The quantitative estimate of drug-likeness (QED) is 0.814. The fourth-order valence-electron chi connectivity index (χ4n) is 2.10. The van der Waals surface area contributed by atoms with Gasteiger partial charge in [0.15, 0.2) is 0 Å². The Morgan fingerprint density at radius 3 is 2.33 bits per heavy atom. The lowest BCUT2D eigenvalue weighted by molar-refractivity contribution is 0.705. The van der Waals surface area contributed by atoms with Crippen molar-refractivity contribution >= 4 is 5.69 Å². The van der Waals surface area contributed by atoms with E-state index in [4.69, 9.17) is 0 Å². The highest BCUT2D eigenvalue weighted by atomic mass is 14.9. The number of nitrogens with one attached hydrogen (secondary N) is 1. The summed E-state index contributed by atoms with van der Waals surface area (Å²) in [6.45, 7) is 4.39. The van der Waals surface area contributed by atoms with Crippen molar-refractivity contribution in [2.45, 2.75) is 32.7 Å². The van der Waals surface area contributed by atoms with Crippen molar-refractivity contribution in [3.05, 3.63) is 65.7 Å². The van der Waals surface area contributed by atoms with E-state index in [1.54, 1.807) is 0 Å². The van der Waals surface area contributed by atoms with Gasteiger partial charge in [-0.2, -0.15) is 0 Å². The molecule has 1 heteroatoms. The minimum Gasteiger partial charge on any atom is -0.382 e. The molecular weight excluding hydrogens is 218 g/mol. The second-order valence-electron chi connectivity index (χ2n) is 4.88. The van der Waals surface area contributed by atoms with Crippen LogP contribution in [0.2, 0.25) is 0 Å². The minimum atomic E-state index is 0.492. The summed E-state index contributed by atoms with van der Waals surface area (Å²) in [7, 11) is 0. The van der Waals surface area contributed by atoms with E-state index in [2.05, 4.69) is 73.8 Å². The molecule has 1 atom stereocenters. The lowest BCUT2D eigenvalue weighted by Crippen LogP contribution is -2.16. The third kappa shape index (κ3) is 3.63. The van der Waals surface area contributed by atoms with E-state index in [1.807, 2.05) is 0 Å². The molecule has 0 spiro atoms. The summed E-state index contributed by atoms with van der Waals surface area (Å²) < 4.78 is 0. The van der Waals surface area contributed by atoms with Gasteiger partial charge in [-0.25, -0.2) is 0 Å². The van der Waals surface area contributed by atoms with E-state index in [0.29, 0.717) is 6.04 Å². The fourth-order valence-corrected chi connectivity index (χ4v) is 2.10. The maximum atomic E-state index is 3.58. The molecule has 0 aliphatic heterocycles. The van der Waals surface area contributed by atoms with Gasteiger partial charge in [0, 0.05) is 11.7 Å². The second-order valence-corrected chi connectivity index (χ2v) is 4.88. The number of benzene rings is 2. The molecule has 2 rings (SSSR count). The van der Waals surface area contributed by atoms with Gasteiger partial charge < -0.3 is 5.32 Å². The van der Waals surface area contributed by atoms with Crippen molar-refractivity contribution in [2.75, 3.05) is 5.32 Å². The molecule has 0 saturated carbocycles. The minimum absolute atomic E-state index is 0.492. The molecule has 0 bridgehead atoms. The van der Waals surface area contributed by atoms with Crippen molar-refractivity contribution < 1.29 is 0 Å². The number of para-hydroxylation sites is 1. The van der Waals surface area contributed by atoms with Gasteiger partial charge in [0.2, 0.25) is 0 Å². The number of anilines is 1. The highest BCUT2D eigenvalue weighted by Crippen LogP contribution is 2.16. The van der Waals surface area contributed by atoms with Gasteiger partial charge >= 0.3 is 0 Å².